The number of ether oxygens (including phenoxy) is 1. The maximum Gasteiger partial charge on any atom is 0.228 e. The van der Waals surface area contributed by atoms with Crippen molar-refractivity contribution >= 4 is 5.91 Å². The normalized spacial score (nSPS) is 26.2. The summed E-state index contributed by atoms with van der Waals surface area (Å²) in [5.41, 5.74) is -0.221. The van der Waals surface area contributed by atoms with Crippen LogP contribution in [0.3, 0.4) is 0 Å². The van der Waals surface area contributed by atoms with Gasteiger partial charge in [0.1, 0.15) is 0 Å². The molecule has 1 aliphatic rings. The van der Waals surface area contributed by atoms with Gasteiger partial charge in [0.15, 0.2) is 0 Å². The van der Waals surface area contributed by atoms with Crippen molar-refractivity contribution in [1.29, 1.82) is 0 Å². The highest BCUT2D eigenvalue weighted by molar-refractivity contribution is 5.83. The molecule has 2 unspecified atom stereocenters. The standard InChI is InChI=1S/C13H26N2O2/c1-10(2)13(6-7-14-9-13)12(16)15-11(3)5-8-17-4/h10-11,14H,5-9H2,1-4H3,(H,15,16). The molecule has 0 aromatic rings. The highest BCUT2D eigenvalue weighted by Crippen LogP contribution is 2.34. The first-order valence-corrected chi connectivity index (χ1v) is 6.53. The summed E-state index contributed by atoms with van der Waals surface area (Å²) < 4.78 is 5.03. The van der Waals surface area contributed by atoms with Gasteiger partial charge in [0.25, 0.3) is 0 Å². The van der Waals surface area contributed by atoms with Gasteiger partial charge >= 0.3 is 0 Å². The average Bonchev–Trinajstić information content (AvgIpc) is 2.76. The molecule has 1 amide bonds. The van der Waals surface area contributed by atoms with E-state index in [0.717, 1.165) is 25.9 Å². The first kappa shape index (κ1) is 14.5. The number of amides is 1. The molecule has 1 rings (SSSR count). The number of hydrogen-bond acceptors (Lipinski definition) is 3. The van der Waals surface area contributed by atoms with E-state index in [1.54, 1.807) is 7.11 Å². The van der Waals surface area contributed by atoms with Gasteiger partial charge in [-0.2, -0.15) is 0 Å². The predicted molar refractivity (Wildman–Crippen MR) is 68.9 cm³/mol. The lowest BCUT2D eigenvalue weighted by atomic mass is 9.75. The molecule has 0 radical (unpaired) electrons. The van der Waals surface area contributed by atoms with E-state index in [1.165, 1.54) is 0 Å². The summed E-state index contributed by atoms with van der Waals surface area (Å²) in [5, 5.41) is 6.43. The maximum absolute atomic E-state index is 12.4. The molecular formula is C13H26N2O2. The number of carbonyl (C=O) groups is 1. The Kier molecular flexibility index (Phi) is 5.40. The van der Waals surface area contributed by atoms with Gasteiger partial charge in [-0.1, -0.05) is 13.8 Å². The number of carbonyl (C=O) groups excluding carboxylic acids is 1. The Morgan fingerprint density at radius 3 is 2.65 bits per heavy atom. The Labute approximate surface area is 104 Å². The van der Waals surface area contributed by atoms with Crippen molar-refractivity contribution in [1.82, 2.24) is 10.6 Å². The van der Waals surface area contributed by atoms with Gasteiger partial charge in [-0.15, -0.1) is 0 Å². The minimum atomic E-state index is -0.221. The van der Waals surface area contributed by atoms with Crippen LogP contribution in [0.25, 0.3) is 0 Å². The second-order valence-electron chi connectivity index (χ2n) is 5.39. The zero-order valence-corrected chi connectivity index (χ0v) is 11.5. The van der Waals surface area contributed by atoms with Crippen LogP contribution < -0.4 is 10.6 Å². The van der Waals surface area contributed by atoms with Crippen LogP contribution in [-0.2, 0) is 9.53 Å². The number of hydrogen-bond donors (Lipinski definition) is 2. The summed E-state index contributed by atoms with van der Waals surface area (Å²) in [6.07, 6.45) is 1.80. The molecule has 0 aromatic heterocycles. The second kappa shape index (κ2) is 6.36. The lowest BCUT2D eigenvalue weighted by molar-refractivity contribution is -0.133. The summed E-state index contributed by atoms with van der Waals surface area (Å²) in [6, 6.07) is 0.179. The van der Waals surface area contributed by atoms with Crippen molar-refractivity contribution in [3.63, 3.8) is 0 Å². The van der Waals surface area contributed by atoms with Crippen LogP contribution >= 0.6 is 0 Å². The van der Waals surface area contributed by atoms with Crippen LogP contribution in [0.1, 0.15) is 33.6 Å². The van der Waals surface area contributed by atoms with E-state index < -0.39 is 0 Å². The van der Waals surface area contributed by atoms with Gasteiger partial charge in [-0.25, -0.2) is 0 Å². The largest absolute Gasteiger partial charge is 0.385 e. The summed E-state index contributed by atoms with van der Waals surface area (Å²) in [6.45, 7) is 8.73. The third-order valence-electron chi connectivity index (χ3n) is 3.88. The van der Waals surface area contributed by atoms with Crippen LogP contribution in [0, 0.1) is 11.3 Å². The predicted octanol–water partition coefficient (Wildman–Crippen LogP) is 1.16. The molecule has 1 aliphatic heterocycles. The molecule has 2 atom stereocenters. The van der Waals surface area contributed by atoms with Gasteiger partial charge in [0.05, 0.1) is 5.41 Å². The van der Waals surface area contributed by atoms with Crippen molar-refractivity contribution < 1.29 is 9.53 Å². The highest BCUT2D eigenvalue weighted by atomic mass is 16.5. The molecular weight excluding hydrogens is 216 g/mol. The Morgan fingerprint density at radius 2 is 2.18 bits per heavy atom. The summed E-state index contributed by atoms with van der Waals surface area (Å²) in [4.78, 5) is 12.4. The smallest absolute Gasteiger partial charge is 0.228 e. The molecule has 1 heterocycles. The van der Waals surface area contributed by atoms with Crippen LogP contribution in [0.2, 0.25) is 0 Å². The van der Waals surface area contributed by atoms with Crippen molar-refractivity contribution in [2.24, 2.45) is 11.3 Å². The fourth-order valence-electron chi connectivity index (χ4n) is 2.39. The minimum absolute atomic E-state index is 0.179. The van der Waals surface area contributed by atoms with Gasteiger partial charge in [0.2, 0.25) is 5.91 Å². The van der Waals surface area contributed by atoms with Crippen LogP contribution in [0.4, 0.5) is 0 Å². The van der Waals surface area contributed by atoms with Crippen molar-refractivity contribution in [2.45, 2.75) is 39.7 Å². The second-order valence-corrected chi connectivity index (χ2v) is 5.39. The summed E-state index contributed by atoms with van der Waals surface area (Å²) >= 11 is 0. The molecule has 0 bridgehead atoms. The molecule has 0 aromatic carbocycles. The molecule has 17 heavy (non-hydrogen) atoms. The van der Waals surface area contributed by atoms with Crippen LogP contribution in [0.5, 0.6) is 0 Å². The molecule has 100 valence electrons. The van der Waals surface area contributed by atoms with Crippen LogP contribution in [0.15, 0.2) is 0 Å². The molecule has 1 fully saturated rings. The van der Waals surface area contributed by atoms with Gasteiger partial charge < -0.3 is 15.4 Å². The Balaban J connectivity index is 2.54. The van der Waals surface area contributed by atoms with E-state index in [2.05, 4.69) is 24.5 Å². The fraction of sp³-hybridized carbons (Fsp3) is 0.923. The first-order valence-electron chi connectivity index (χ1n) is 6.53. The van der Waals surface area contributed by atoms with E-state index >= 15 is 0 Å². The van der Waals surface area contributed by atoms with E-state index in [1.807, 2.05) is 6.92 Å². The Morgan fingerprint density at radius 1 is 1.47 bits per heavy atom. The molecule has 4 nitrogen and oxygen atoms in total. The van der Waals surface area contributed by atoms with Crippen LogP contribution in [-0.4, -0.2) is 38.8 Å². The number of rotatable bonds is 6. The Bertz CT molecular complexity index is 248. The summed E-state index contributed by atoms with van der Waals surface area (Å²) in [7, 11) is 1.69. The lowest BCUT2D eigenvalue weighted by Crippen LogP contribution is -2.49. The van der Waals surface area contributed by atoms with Crippen molar-refractivity contribution in [3.05, 3.63) is 0 Å². The fourth-order valence-corrected chi connectivity index (χ4v) is 2.39. The molecule has 4 heteroatoms. The number of methoxy groups -OCH3 is 1. The quantitative estimate of drug-likeness (QED) is 0.735. The van der Waals surface area contributed by atoms with Gasteiger partial charge in [-0.3, -0.25) is 4.79 Å². The maximum atomic E-state index is 12.4. The van der Waals surface area contributed by atoms with E-state index in [9.17, 15) is 4.79 Å². The van der Waals surface area contributed by atoms with Crippen molar-refractivity contribution in [2.75, 3.05) is 26.8 Å². The zero-order chi connectivity index (χ0) is 12.9. The molecule has 0 aliphatic carbocycles. The van der Waals surface area contributed by atoms with Gasteiger partial charge in [0, 0.05) is 26.3 Å². The third kappa shape index (κ3) is 3.42. The monoisotopic (exact) mass is 242 g/mol. The minimum Gasteiger partial charge on any atom is -0.385 e. The van der Waals surface area contributed by atoms with E-state index in [-0.39, 0.29) is 17.4 Å². The Hall–Kier alpha value is -0.610. The third-order valence-corrected chi connectivity index (χ3v) is 3.88. The van der Waals surface area contributed by atoms with E-state index in [4.69, 9.17) is 4.74 Å². The molecule has 0 spiro atoms. The van der Waals surface area contributed by atoms with Crippen molar-refractivity contribution in [3.8, 4) is 0 Å². The zero-order valence-electron chi connectivity index (χ0n) is 11.5. The lowest BCUT2D eigenvalue weighted by Gasteiger charge is -2.32. The number of nitrogens with one attached hydrogen (secondary N) is 2. The molecule has 1 saturated heterocycles. The summed E-state index contributed by atoms with van der Waals surface area (Å²) in [5.74, 6) is 0.563. The average molecular weight is 242 g/mol. The topological polar surface area (TPSA) is 50.4 Å². The molecule has 2 N–H and O–H groups in total. The SMILES string of the molecule is COCCC(C)NC(=O)C1(C(C)C)CCNC1. The molecule has 0 saturated carbocycles. The first-order chi connectivity index (χ1) is 8.03. The highest BCUT2D eigenvalue weighted by Gasteiger charge is 2.43. The van der Waals surface area contributed by atoms with Gasteiger partial charge in [-0.05, 0) is 32.2 Å². The van der Waals surface area contributed by atoms with E-state index in [0.29, 0.717) is 12.5 Å².